The summed E-state index contributed by atoms with van der Waals surface area (Å²) in [5.41, 5.74) is 1.31. The van der Waals surface area contributed by atoms with Gasteiger partial charge in [0.25, 0.3) is 0 Å². The molecule has 2 aromatic rings. The summed E-state index contributed by atoms with van der Waals surface area (Å²) in [6, 6.07) is 9.47. The summed E-state index contributed by atoms with van der Waals surface area (Å²) in [5.74, 6) is 0.481. The predicted molar refractivity (Wildman–Crippen MR) is 65.5 cm³/mol. The number of benzene rings is 1. The summed E-state index contributed by atoms with van der Waals surface area (Å²) in [6.07, 6.45) is 3.03. The van der Waals surface area contributed by atoms with Crippen molar-refractivity contribution in [2.24, 2.45) is 0 Å². The molecular weight excluding hydrogens is 236 g/mol. The van der Waals surface area contributed by atoms with Crippen LogP contribution in [-0.2, 0) is 6.54 Å². The van der Waals surface area contributed by atoms with Crippen LogP contribution in [-0.4, -0.2) is 9.97 Å². The van der Waals surface area contributed by atoms with Gasteiger partial charge < -0.3 is 5.32 Å². The Morgan fingerprint density at radius 1 is 1.29 bits per heavy atom. The number of nitrogens with one attached hydrogen (secondary N) is 1. The summed E-state index contributed by atoms with van der Waals surface area (Å²) < 4.78 is 0. The Bertz CT molecular complexity index is 562. The summed E-state index contributed by atoms with van der Waals surface area (Å²) in [7, 11) is 0. The molecule has 1 aromatic carbocycles. The largest absolute Gasteiger partial charge is 0.364 e. The highest BCUT2D eigenvalue weighted by molar-refractivity contribution is 6.30. The minimum atomic E-state index is 0.287. The average molecular weight is 245 g/mol. The van der Waals surface area contributed by atoms with E-state index in [4.69, 9.17) is 16.9 Å². The molecule has 1 aromatic heterocycles. The molecule has 84 valence electrons. The van der Waals surface area contributed by atoms with Gasteiger partial charge in [-0.25, -0.2) is 9.97 Å². The number of halogens is 1. The lowest BCUT2D eigenvalue weighted by Crippen LogP contribution is -2.04. The van der Waals surface area contributed by atoms with Crippen LogP contribution < -0.4 is 5.32 Å². The van der Waals surface area contributed by atoms with Crippen molar-refractivity contribution in [3.63, 3.8) is 0 Å². The number of hydrogen-bond donors (Lipinski definition) is 1. The molecule has 0 radical (unpaired) electrons. The minimum Gasteiger partial charge on any atom is -0.364 e. The molecular formula is C12H9ClN4. The highest BCUT2D eigenvalue weighted by Gasteiger charge is 2.03. The monoisotopic (exact) mass is 244 g/mol. The summed E-state index contributed by atoms with van der Waals surface area (Å²) in [6.45, 7) is 0.550. The van der Waals surface area contributed by atoms with Crippen molar-refractivity contribution >= 4 is 17.4 Å². The van der Waals surface area contributed by atoms with Gasteiger partial charge in [-0.2, -0.15) is 5.26 Å². The molecule has 0 atom stereocenters. The number of nitrogens with zero attached hydrogens (tertiary/aromatic N) is 3. The molecule has 0 aliphatic heterocycles. The zero-order valence-corrected chi connectivity index (χ0v) is 9.65. The quantitative estimate of drug-likeness (QED) is 0.902. The second-order valence-electron chi connectivity index (χ2n) is 3.35. The van der Waals surface area contributed by atoms with E-state index in [1.807, 2.05) is 30.3 Å². The van der Waals surface area contributed by atoms with Gasteiger partial charge in [0.2, 0.25) is 0 Å². The first kappa shape index (κ1) is 11.4. The van der Waals surface area contributed by atoms with Crippen LogP contribution in [0.4, 0.5) is 5.82 Å². The Hall–Kier alpha value is -2.12. The standard InChI is InChI=1S/C12H9ClN4/c13-10-3-1-2-9(6-10)8-17-12-11(7-14)15-4-5-16-12/h1-6H,8H2,(H,16,17). The molecule has 0 spiro atoms. The van der Waals surface area contributed by atoms with E-state index >= 15 is 0 Å². The molecule has 0 amide bonds. The molecule has 1 heterocycles. The number of aromatic nitrogens is 2. The fourth-order valence-corrected chi connectivity index (χ4v) is 1.59. The Morgan fingerprint density at radius 3 is 2.88 bits per heavy atom. The van der Waals surface area contributed by atoms with Gasteiger partial charge >= 0.3 is 0 Å². The second-order valence-corrected chi connectivity index (χ2v) is 3.79. The van der Waals surface area contributed by atoms with Gasteiger partial charge in [0, 0.05) is 24.0 Å². The van der Waals surface area contributed by atoms with E-state index in [0.717, 1.165) is 5.56 Å². The highest BCUT2D eigenvalue weighted by Crippen LogP contribution is 2.13. The number of hydrogen-bond acceptors (Lipinski definition) is 4. The van der Waals surface area contributed by atoms with Crippen LogP contribution in [0.5, 0.6) is 0 Å². The minimum absolute atomic E-state index is 0.287. The topological polar surface area (TPSA) is 61.6 Å². The van der Waals surface area contributed by atoms with Gasteiger partial charge in [-0.15, -0.1) is 0 Å². The second kappa shape index (κ2) is 5.28. The van der Waals surface area contributed by atoms with Crippen molar-refractivity contribution < 1.29 is 0 Å². The van der Waals surface area contributed by atoms with Crippen LogP contribution in [0.2, 0.25) is 5.02 Å². The lowest BCUT2D eigenvalue weighted by Gasteiger charge is -2.06. The molecule has 0 unspecified atom stereocenters. The van der Waals surface area contributed by atoms with Crippen molar-refractivity contribution in [1.29, 1.82) is 5.26 Å². The molecule has 17 heavy (non-hydrogen) atoms. The van der Waals surface area contributed by atoms with Crippen LogP contribution in [0.15, 0.2) is 36.7 Å². The van der Waals surface area contributed by atoms with Gasteiger partial charge in [0.05, 0.1) is 0 Å². The van der Waals surface area contributed by atoms with E-state index in [1.165, 1.54) is 6.20 Å². The number of nitriles is 1. The Labute approximate surface area is 104 Å². The first-order valence-corrected chi connectivity index (χ1v) is 5.37. The lowest BCUT2D eigenvalue weighted by molar-refractivity contribution is 1.07. The van der Waals surface area contributed by atoms with Crippen molar-refractivity contribution in [2.75, 3.05) is 5.32 Å². The molecule has 2 rings (SSSR count). The van der Waals surface area contributed by atoms with Gasteiger partial charge in [0.15, 0.2) is 11.5 Å². The first-order chi connectivity index (χ1) is 8.29. The summed E-state index contributed by atoms with van der Waals surface area (Å²) >= 11 is 5.88. The van der Waals surface area contributed by atoms with E-state index in [9.17, 15) is 0 Å². The van der Waals surface area contributed by atoms with Gasteiger partial charge in [-0.3, -0.25) is 0 Å². The zero-order valence-electron chi connectivity index (χ0n) is 8.89. The van der Waals surface area contributed by atoms with Crippen molar-refractivity contribution in [1.82, 2.24) is 9.97 Å². The fraction of sp³-hybridized carbons (Fsp3) is 0.0833. The molecule has 5 heteroatoms. The van der Waals surface area contributed by atoms with Gasteiger partial charge in [0.1, 0.15) is 6.07 Å². The molecule has 1 N–H and O–H groups in total. The van der Waals surface area contributed by atoms with Crippen LogP contribution >= 0.6 is 11.6 Å². The van der Waals surface area contributed by atoms with E-state index in [1.54, 1.807) is 6.20 Å². The molecule has 4 nitrogen and oxygen atoms in total. The number of anilines is 1. The Kier molecular flexibility index (Phi) is 3.53. The van der Waals surface area contributed by atoms with E-state index < -0.39 is 0 Å². The predicted octanol–water partition coefficient (Wildman–Crippen LogP) is 2.61. The third-order valence-electron chi connectivity index (χ3n) is 2.15. The van der Waals surface area contributed by atoms with Gasteiger partial charge in [-0.1, -0.05) is 23.7 Å². The smallest absolute Gasteiger partial charge is 0.182 e. The zero-order chi connectivity index (χ0) is 12.1. The third kappa shape index (κ3) is 2.92. The Balaban J connectivity index is 2.10. The molecule has 0 bridgehead atoms. The molecule has 0 aliphatic rings. The van der Waals surface area contributed by atoms with Crippen LogP contribution in [0.1, 0.15) is 11.3 Å². The lowest BCUT2D eigenvalue weighted by atomic mass is 10.2. The summed E-state index contributed by atoms with van der Waals surface area (Å²) in [4.78, 5) is 7.97. The van der Waals surface area contributed by atoms with Crippen LogP contribution in [0, 0.1) is 11.3 Å². The maximum Gasteiger partial charge on any atom is 0.182 e. The van der Waals surface area contributed by atoms with E-state index in [2.05, 4.69) is 15.3 Å². The molecule has 0 saturated carbocycles. The maximum absolute atomic E-state index is 8.85. The van der Waals surface area contributed by atoms with Gasteiger partial charge in [-0.05, 0) is 17.7 Å². The molecule has 0 saturated heterocycles. The summed E-state index contributed by atoms with van der Waals surface area (Å²) in [5, 5.41) is 12.6. The fourth-order valence-electron chi connectivity index (χ4n) is 1.38. The average Bonchev–Trinajstić information content (AvgIpc) is 2.37. The van der Waals surface area contributed by atoms with Crippen LogP contribution in [0.25, 0.3) is 0 Å². The third-order valence-corrected chi connectivity index (χ3v) is 2.39. The highest BCUT2D eigenvalue weighted by atomic mass is 35.5. The van der Waals surface area contributed by atoms with Crippen molar-refractivity contribution in [3.05, 3.63) is 52.9 Å². The number of rotatable bonds is 3. The first-order valence-electron chi connectivity index (χ1n) is 4.99. The van der Waals surface area contributed by atoms with Crippen molar-refractivity contribution in [3.8, 4) is 6.07 Å². The maximum atomic E-state index is 8.85. The SMILES string of the molecule is N#Cc1nccnc1NCc1cccc(Cl)c1. The molecule has 0 fully saturated rings. The Morgan fingerprint density at radius 2 is 2.12 bits per heavy atom. The normalized spacial score (nSPS) is 9.65. The molecule has 0 aliphatic carbocycles. The van der Waals surface area contributed by atoms with Crippen LogP contribution in [0.3, 0.4) is 0 Å². The van der Waals surface area contributed by atoms with E-state index in [-0.39, 0.29) is 5.69 Å². The van der Waals surface area contributed by atoms with Crippen molar-refractivity contribution in [2.45, 2.75) is 6.54 Å². The van der Waals surface area contributed by atoms with E-state index in [0.29, 0.717) is 17.4 Å².